The first-order valence-electron chi connectivity index (χ1n) is 7.15. The Balaban J connectivity index is 1.92. The summed E-state index contributed by atoms with van der Waals surface area (Å²) in [5.74, 6) is 0.560. The Bertz CT molecular complexity index is 726. The van der Waals surface area contributed by atoms with Gasteiger partial charge in [0.05, 0.1) is 6.04 Å². The van der Waals surface area contributed by atoms with E-state index in [1.807, 2.05) is 0 Å². The molecule has 2 unspecified atom stereocenters. The predicted octanol–water partition coefficient (Wildman–Crippen LogP) is 2.40. The standard InChI is InChI=1S/C17H17NO3/c1-9-2-3-10-7-18-13-8-21-16-6-15(20)14(19)5-12(16)17(13)11(10)4-9/h2-6,13,17-20H,7-8H2,1H3. The van der Waals surface area contributed by atoms with E-state index in [0.29, 0.717) is 12.4 Å². The van der Waals surface area contributed by atoms with Crippen LogP contribution in [0, 0.1) is 6.92 Å². The van der Waals surface area contributed by atoms with Crippen LogP contribution in [0.15, 0.2) is 30.3 Å². The first kappa shape index (κ1) is 12.5. The number of rotatable bonds is 0. The summed E-state index contributed by atoms with van der Waals surface area (Å²) in [6.07, 6.45) is 0. The lowest BCUT2D eigenvalue weighted by atomic mass is 9.78. The van der Waals surface area contributed by atoms with Crippen LogP contribution in [0.5, 0.6) is 17.2 Å². The Labute approximate surface area is 123 Å². The quantitative estimate of drug-likeness (QED) is 0.650. The molecule has 21 heavy (non-hydrogen) atoms. The molecular weight excluding hydrogens is 266 g/mol. The number of aryl methyl sites for hydroxylation is 1. The van der Waals surface area contributed by atoms with Crippen LogP contribution in [0.1, 0.15) is 28.2 Å². The molecule has 0 aromatic heterocycles. The fourth-order valence-corrected chi connectivity index (χ4v) is 3.40. The molecule has 4 nitrogen and oxygen atoms in total. The third kappa shape index (κ3) is 1.87. The molecule has 0 bridgehead atoms. The van der Waals surface area contributed by atoms with Gasteiger partial charge in [0.25, 0.3) is 0 Å². The van der Waals surface area contributed by atoms with Crippen LogP contribution in [0.4, 0.5) is 0 Å². The topological polar surface area (TPSA) is 61.7 Å². The fourth-order valence-electron chi connectivity index (χ4n) is 3.40. The summed E-state index contributed by atoms with van der Waals surface area (Å²) in [5, 5.41) is 23.0. The van der Waals surface area contributed by atoms with E-state index in [-0.39, 0.29) is 23.5 Å². The van der Waals surface area contributed by atoms with Crippen molar-refractivity contribution in [3.05, 3.63) is 52.6 Å². The van der Waals surface area contributed by atoms with Gasteiger partial charge in [-0.15, -0.1) is 0 Å². The maximum atomic E-state index is 9.84. The molecule has 0 amide bonds. The number of phenolic OH excluding ortho intramolecular Hbond substituents is 2. The number of fused-ring (bicyclic) bond motifs is 5. The smallest absolute Gasteiger partial charge is 0.161 e. The van der Waals surface area contributed by atoms with E-state index in [9.17, 15) is 10.2 Å². The van der Waals surface area contributed by atoms with Gasteiger partial charge in [0, 0.05) is 24.1 Å². The van der Waals surface area contributed by atoms with Crippen molar-refractivity contribution in [2.45, 2.75) is 25.4 Å². The molecule has 2 heterocycles. The van der Waals surface area contributed by atoms with Crippen molar-refractivity contribution in [1.29, 1.82) is 0 Å². The molecule has 3 N–H and O–H groups in total. The van der Waals surface area contributed by atoms with Crippen molar-refractivity contribution in [2.75, 3.05) is 6.61 Å². The summed E-state index contributed by atoms with van der Waals surface area (Å²) in [4.78, 5) is 0. The van der Waals surface area contributed by atoms with Crippen LogP contribution in [0.25, 0.3) is 0 Å². The molecule has 2 aromatic carbocycles. The molecule has 108 valence electrons. The Morgan fingerprint density at radius 1 is 1.10 bits per heavy atom. The summed E-state index contributed by atoms with van der Waals surface area (Å²) in [5.41, 5.74) is 4.72. The lowest BCUT2D eigenvalue weighted by molar-refractivity contribution is 0.214. The zero-order chi connectivity index (χ0) is 14.6. The monoisotopic (exact) mass is 283 g/mol. The largest absolute Gasteiger partial charge is 0.504 e. The minimum atomic E-state index is -0.138. The summed E-state index contributed by atoms with van der Waals surface area (Å²) < 4.78 is 5.74. The van der Waals surface area contributed by atoms with E-state index < -0.39 is 0 Å². The van der Waals surface area contributed by atoms with Gasteiger partial charge in [0.15, 0.2) is 11.5 Å². The van der Waals surface area contributed by atoms with E-state index in [0.717, 1.165) is 12.1 Å². The summed E-state index contributed by atoms with van der Waals surface area (Å²) >= 11 is 0. The second-order valence-corrected chi connectivity index (χ2v) is 5.86. The number of aromatic hydroxyl groups is 2. The van der Waals surface area contributed by atoms with E-state index >= 15 is 0 Å². The number of ether oxygens (including phenoxy) is 1. The van der Waals surface area contributed by atoms with Gasteiger partial charge >= 0.3 is 0 Å². The summed E-state index contributed by atoms with van der Waals surface area (Å²) in [6.45, 7) is 3.49. The van der Waals surface area contributed by atoms with Crippen molar-refractivity contribution in [1.82, 2.24) is 5.32 Å². The lowest BCUT2D eigenvalue weighted by Gasteiger charge is -2.39. The van der Waals surface area contributed by atoms with Gasteiger partial charge < -0.3 is 20.3 Å². The Morgan fingerprint density at radius 2 is 1.90 bits per heavy atom. The molecule has 0 aliphatic carbocycles. The SMILES string of the molecule is Cc1ccc2c(c1)C1c3cc(O)c(O)cc3OCC1NC2. The van der Waals surface area contributed by atoms with Crippen LogP contribution < -0.4 is 10.1 Å². The molecule has 0 spiro atoms. The molecule has 0 saturated carbocycles. The minimum absolute atomic E-state index is 0.0993. The minimum Gasteiger partial charge on any atom is -0.504 e. The Hall–Kier alpha value is -2.20. The molecule has 2 aliphatic rings. The van der Waals surface area contributed by atoms with Crippen LogP contribution in [0.2, 0.25) is 0 Å². The van der Waals surface area contributed by atoms with Crippen molar-refractivity contribution in [3.8, 4) is 17.2 Å². The van der Waals surface area contributed by atoms with Crippen LogP contribution >= 0.6 is 0 Å². The van der Waals surface area contributed by atoms with Crippen LogP contribution in [-0.4, -0.2) is 22.9 Å². The third-order valence-electron chi connectivity index (χ3n) is 4.45. The first-order valence-corrected chi connectivity index (χ1v) is 7.15. The highest BCUT2D eigenvalue weighted by Crippen LogP contribution is 2.45. The third-order valence-corrected chi connectivity index (χ3v) is 4.45. The molecule has 0 fully saturated rings. The zero-order valence-electron chi connectivity index (χ0n) is 11.8. The first-order chi connectivity index (χ1) is 10.1. The number of hydrogen-bond acceptors (Lipinski definition) is 4. The highest BCUT2D eigenvalue weighted by molar-refractivity contribution is 5.56. The lowest BCUT2D eigenvalue weighted by Crippen LogP contribution is -2.46. The Morgan fingerprint density at radius 3 is 2.76 bits per heavy atom. The predicted molar refractivity (Wildman–Crippen MR) is 78.9 cm³/mol. The van der Waals surface area contributed by atoms with E-state index in [4.69, 9.17) is 4.74 Å². The van der Waals surface area contributed by atoms with Crippen molar-refractivity contribution in [3.63, 3.8) is 0 Å². The normalized spacial score (nSPS) is 22.7. The molecule has 0 saturated heterocycles. The molecule has 0 radical (unpaired) electrons. The van der Waals surface area contributed by atoms with Gasteiger partial charge in [-0.25, -0.2) is 0 Å². The highest BCUT2D eigenvalue weighted by atomic mass is 16.5. The van der Waals surface area contributed by atoms with Gasteiger partial charge in [0.1, 0.15) is 12.4 Å². The van der Waals surface area contributed by atoms with Gasteiger partial charge in [-0.3, -0.25) is 0 Å². The average Bonchev–Trinajstić information content (AvgIpc) is 2.48. The summed E-state index contributed by atoms with van der Waals surface area (Å²) in [6, 6.07) is 9.81. The van der Waals surface area contributed by atoms with E-state index in [1.165, 1.54) is 22.8 Å². The van der Waals surface area contributed by atoms with Crippen molar-refractivity contribution < 1.29 is 14.9 Å². The maximum absolute atomic E-state index is 9.84. The molecule has 2 aromatic rings. The van der Waals surface area contributed by atoms with Gasteiger partial charge in [0.2, 0.25) is 0 Å². The number of hydrogen-bond donors (Lipinski definition) is 3. The van der Waals surface area contributed by atoms with E-state index in [2.05, 4.69) is 30.4 Å². The Kier molecular flexibility index (Phi) is 2.62. The molecule has 2 aliphatic heterocycles. The zero-order valence-corrected chi connectivity index (χ0v) is 11.8. The second-order valence-electron chi connectivity index (χ2n) is 5.86. The van der Waals surface area contributed by atoms with Gasteiger partial charge in [-0.1, -0.05) is 23.8 Å². The van der Waals surface area contributed by atoms with Crippen LogP contribution in [-0.2, 0) is 6.54 Å². The maximum Gasteiger partial charge on any atom is 0.161 e. The average molecular weight is 283 g/mol. The molecule has 4 rings (SSSR count). The number of benzene rings is 2. The van der Waals surface area contributed by atoms with Gasteiger partial charge in [-0.05, 0) is 24.1 Å². The van der Waals surface area contributed by atoms with Gasteiger partial charge in [-0.2, -0.15) is 0 Å². The molecule has 4 heteroatoms. The van der Waals surface area contributed by atoms with E-state index in [1.54, 1.807) is 6.07 Å². The summed E-state index contributed by atoms with van der Waals surface area (Å²) in [7, 11) is 0. The van der Waals surface area contributed by atoms with Crippen molar-refractivity contribution in [2.24, 2.45) is 0 Å². The molecular formula is C17H17NO3. The van der Waals surface area contributed by atoms with Crippen molar-refractivity contribution >= 4 is 0 Å². The number of nitrogens with one attached hydrogen (secondary N) is 1. The number of phenols is 2. The molecule has 2 atom stereocenters. The second kappa shape index (κ2) is 4.40. The fraction of sp³-hybridized carbons (Fsp3) is 0.294. The highest BCUT2D eigenvalue weighted by Gasteiger charge is 2.36. The van der Waals surface area contributed by atoms with Crippen LogP contribution in [0.3, 0.4) is 0 Å².